The Morgan fingerprint density at radius 1 is 1.22 bits per heavy atom. The molecule has 1 amide bonds. The van der Waals surface area contributed by atoms with Crippen LogP contribution < -0.4 is 14.2 Å². The van der Waals surface area contributed by atoms with Crippen LogP contribution in [0.25, 0.3) is 0 Å². The van der Waals surface area contributed by atoms with E-state index in [1.54, 1.807) is 30.1 Å². The molecule has 0 aromatic heterocycles. The van der Waals surface area contributed by atoms with Gasteiger partial charge in [0.15, 0.2) is 11.5 Å². The van der Waals surface area contributed by atoms with Gasteiger partial charge in [-0.2, -0.15) is 0 Å². The van der Waals surface area contributed by atoms with Crippen LogP contribution in [0.3, 0.4) is 0 Å². The van der Waals surface area contributed by atoms with E-state index in [1.165, 1.54) is 7.11 Å². The van der Waals surface area contributed by atoms with E-state index >= 15 is 0 Å². The lowest BCUT2D eigenvalue weighted by molar-refractivity contribution is 0.0781. The largest absolute Gasteiger partial charge is 0.496 e. The number of fused-ring (bicyclic) bond motifs is 1. The van der Waals surface area contributed by atoms with Crippen LogP contribution in [0.2, 0.25) is 5.02 Å². The van der Waals surface area contributed by atoms with E-state index in [-0.39, 0.29) is 12.7 Å². The Kier molecular flexibility index (Phi) is 4.30. The van der Waals surface area contributed by atoms with Gasteiger partial charge in [0.05, 0.1) is 12.7 Å². The van der Waals surface area contributed by atoms with Gasteiger partial charge in [-0.25, -0.2) is 0 Å². The van der Waals surface area contributed by atoms with E-state index in [9.17, 15) is 4.79 Å². The molecule has 23 heavy (non-hydrogen) atoms. The first-order chi connectivity index (χ1) is 11.1. The smallest absolute Gasteiger partial charge is 0.257 e. The van der Waals surface area contributed by atoms with Gasteiger partial charge in [0, 0.05) is 18.6 Å². The van der Waals surface area contributed by atoms with Crippen LogP contribution in [-0.4, -0.2) is 31.8 Å². The fourth-order valence-corrected chi connectivity index (χ4v) is 2.61. The SMILES string of the molecule is COc1ccc(Cl)cc1C(=O)N(C)Cc1ccc2c(c1)OCO2. The lowest BCUT2D eigenvalue weighted by Gasteiger charge is -2.19. The molecule has 1 heterocycles. The maximum Gasteiger partial charge on any atom is 0.257 e. The average molecular weight is 334 g/mol. The van der Waals surface area contributed by atoms with E-state index < -0.39 is 0 Å². The Balaban J connectivity index is 1.79. The number of rotatable bonds is 4. The van der Waals surface area contributed by atoms with Crippen LogP contribution in [0.5, 0.6) is 17.2 Å². The average Bonchev–Trinajstić information content (AvgIpc) is 3.01. The Morgan fingerprint density at radius 3 is 2.78 bits per heavy atom. The summed E-state index contributed by atoms with van der Waals surface area (Å²) in [7, 11) is 3.26. The molecule has 1 aliphatic heterocycles. The predicted octanol–water partition coefficient (Wildman–Crippen LogP) is 3.35. The third kappa shape index (κ3) is 3.19. The molecule has 2 aromatic carbocycles. The highest BCUT2D eigenvalue weighted by Crippen LogP contribution is 2.33. The highest BCUT2D eigenvalue weighted by Gasteiger charge is 2.19. The minimum absolute atomic E-state index is 0.165. The number of carbonyl (C=O) groups excluding carboxylic acids is 1. The number of benzene rings is 2. The first-order valence-corrected chi connectivity index (χ1v) is 7.44. The van der Waals surface area contributed by atoms with Crippen LogP contribution >= 0.6 is 11.6 Å². The molecule has 0 bridgehead atoms. The summed E-state index contributed by atoms with van der Waals surface area (Å²) in [6.07, 6.45) is 0. The van der Waals surface area contributed by atoms with Gasteiger partial charge in [0.1, 0.15) is 5.75 Å². The maximum atomic E-state index is 12.6. The molecule has 0 spiro atoms. The van der Waals surface area contributed by atoms with E-state index in [1.807, 2.05) is 18.2 Å². The summed E-state index contributed by atoms with van der Waals surface area (Å²) in [5.74, 6) is 1.75. The molecule has 3 rings (SSSR count). The minimum Gasteiger partial charge on any atom is -0.496 e. The topological polar surface area (TPSA) is 48.0 Å². The summed E-state index contributed by atoms with van der Waals surface area (Å²) in [5, 5.41) is 0.491. The Morgan fingerprint density at radius 2 is 2.00 bits per heavy atom. The van der Waals surface area contributed by atoms with Crippen molar-refractivity contribution in [3.63, 3.8) is 0 Å². The number of amides is 1. The summed E-state index contributed by atoms with van der Waals surface area (Å²) in [4.78, 5) is 14.2. The molecule has 6 heteroatoms. The van der Waals surface area contributed by atoms with Crippen molar-refractivity contribution in [1.29, 1.82) is 0 Å². The lowest BCUT2D eigenvalue weighted by atomic mass is 10.1. The second-order valence-electron chi connectivity index (χ2n) is 5.19. The quantitative estimate of drug-likeness (QED) is 0.861. The maximum absolute atomic E-state index is 12.6. The first-order valence-electron chi connectivity index (χ1n) is 7.06. The zero-order valence-corrected chi connectivity index (χ0v) is 13.6. The normalized spacial score (nSPS) is 12.1. The molecule has 0 N–H and O–H groups in total. The summed E-state index contributed by atoms with van der Waals surface area (Å²) >= 11 is 5.99. The number of halogens is 1. The second-order valence-corrected chi connectivity index (χ2v) is 5.63. The van der Waals surface area contributed by atoms with Crippen molar-refractivity contribution in [2.24, 2.45) is 0 Å². The lowest BCUT2D eigenvalue weighted by Crippen LogP contribution is -2.26. The van der Waals surface area contributed by atoms with Gasteiger partial charge in [-0.05, 0) is 35.9 Å². The summed E-state index contributed by atoms with van der Waals surface area (Å²) in [5.41, 5.74) is 1.38. The van der Waals surface area contributed by atoms with Gasteiger partial charge < -0.3 is 19.1 Å². The van der Waals surface area contributed by atoms with E-state index in [4.69, 9.17) is 25.8 Å². The molecule has 0 radical (unpaired) electrons. The fourth-order valence-electron chi connectivity index (χ4n) is 2.44. The molecule has 120 valence electrons. The van der Waals surface area contributed by atoms with Crippen molar-refractivity contribution in [2.75, 3.05) is 21.0 Å². The van der Waals surface area contributed by atoms with Crippen molar-refractivity contribution in [3.8, 4) is 17.2 Å². The van der Waals surface area contributed by atoms with Crippen LogP contribution in [0.15, 0.2) is 36.4 Å². The highest BCUT2D eigenvalue weighted by atomic mass is 35.5. The number of hydrogen-bond acceptors (Lipinski definition) is 4. The molecule has 0 unspecified atom stereocenters. The highest BCUT2D eigenvalue weighted by molar-refractivity contribution is 6.31. The number of carbonyl (C=O) groups is 1. The first kappa shape index (κ1) is 15.5. The third-order valence-electron chi connectivity index (χ3n) is 3.60. The number of nitrogens with zero attached hydrogens (tertiary/aromatic N) is 1. The molecule has 0 atom stereocenters. The van der Waals surface area contributed by atoms with Crippen molar-refractivity contribution < 1.29 is 19.0 Å². The summed E-state index contributed by atoms with van der Waals surface area (Å²) in [6.45, 7) is 0.665. The molecule has 2 aromatic rings. The van der Waals surface area contributed by atoms with Crippen molar-refractivity contribution >= 4 is 17.5 Å². The standard InChI is InChI=1S/C17H16ClNO4/c1-19(9-11-3-5-15-16(7-11)23-10-22-15)17(20)13-8-12(18)4-6-14(13)21-2/h3-8H,9-10H2,1-2H3. The predicted molar refractivity (Wildman–Crippen MR) is 86.4 cm³/mol. The Hall–Kier alpha value is -2.40. The van der Waals surface area contributed by atoms with E-state index in [0.29, 0.717) is 28.6 Å². The van der Waals surface area contributed by atoms with E-state index in [2.05, 4.69) is 0 Å². The van der Waals surface area contributed by atoms with Crippen LogP contribution in [0, 0.1) is 0 Å². The third-order valence-corrected chi connectivity index (χ3v) is 3.83. The number of methoxy groups -OCH3 is 1. The Bertz CT molecular complexity index is 747. The van der Waals surface area contributed by atoms with Crippen molar-refractivity contribution in [1.82, 2.24) is 4.90 Å². The number of hydrogen-bond donors (Lipinski definition) is 0. The molecule has 0 saturated heterocycles. The zero-order chi connectivity index (χ0) is 16.4. The fraction of sp³-hybridized carbons (Fsp3) is 0.235. The molecular weight excluding hydrogens is 318 g/mol. The second kappa shape index (κ2) is 6.38. The molecule has 5 nitrogen and oxygen atoms in total. The minimum atomic E-state index is -0.165. The van der Waals surface area contributed by atoms with Gasteiger partial charge in [-0.15, -0.1) is 0 Å². The van der Waals surface area contributed by atoms with Crippen molar-refractivity contribution in [3.05, 3.63) is 52.5 Å². The monoisotopic (exact) mass is 333 g/mol. The molecule has 1 aliphatic rings. The van der Waals surface area contributed by atoms with Gasteiger partial charge in [0.2, 0.25) is 6.79 Å². The molecular formula is C17H16ClNO4. The van der Waals surface area contributed by atoms with Crippen LogP contribution in [0.1, 0.15) is 15.9 Å². The zero-order valence-electron chi connectivity index (χ0n) is 12.8. The summed E-state index contributed by atoms with van der Waals surface area (Å²) in [6, 6.07) is 10.6. The summed E-state index contributed by atoms with van der Waals surface area (Å²) < 4.78 is 15.9. The van der Waals surface area contributed by atoms with Gasteiger partial charge >= 0.3 is 0 Å². The Labute approximate surface area is 139 Å². The number of ether oxygens (including phenoxy) is 3. The molecule has 0 saturated carbocycles. The van der Waals surface area contributed by atoms with Gasteiger partial charge in [-0.3, -0.25) is 4.79 Å². The molecule has 0 aliphatic carbocycles. The van der Waals surface area contributed by atoms with Crippen LogP contribution in [-0.2, 0) is 6.54 Å². The van der Waals surface area contributed by atoms with Crippen LogP contribution in [0.4, 0.5) is 0 Å². The van der Waals surface area contributed by atoms with Gasteiger partial charge in [-0.1, -0.05) is 17.7 Å². The van der Waals surface area contributed by atoms with Crippen molar-refractivity contribution in [2.45, 2.75) is 6.54 Å². The van der Waals surface area contributed by atoms with Gasteiger partial charge in [0.25, 0.3) is 5.91 Å². The molecule has 0 fully saturated rings. The van der Waals surface area contributed by atoms with E-state index in [0.717, 1.165) is 11.3 Å².